The van der Waals surface area contributed by atoms with Gasteiger partial charge >= 0.3 is 0 Å². The molecule has 2 aliphatic carbocycles. The van der Waals surface area contributed by atoms with Crippen LogP contribution in [0.5, 0.6) is 0 Å². The highest BCUT2D eigenvalue weighted by Gasteiger charge is 2.24. The monoisotopic (exact) mass is 2050 g/mol. The van der Waals surface area contributed by atoms with Crippen molar-refractivity contribution in [3.8, 4) is 0 Å². The zero-order valence-corrected chi connectivity index (χ0v) is 80.8. The Hall–Kier alpha value is -14.5. The Morgan fingerprint density at radius 2 is 0.686 bits per heavy atom. The minimum Gasteiger partial charge on any atom is -0.446 e. The van der Waals surface area contributed by atoms with E-state index in [1.165, 1.54) is 173 Å². The Morgan fingerprint density at radius 1 is 0.321 bits per heavy atom. The fourth-order valence-electron chi connectivity index (χ4n) is 13.5. The van der Waals surface area contributed by atoms with Crippen molar-refractivity contribution in [1.29, 1.82) is 0 Å². The molecule has 1 aliphatic heterocycles. The lowest BCUT2D eigenvalue weighted by Gasteiger charge is -2.20. The normalized spacial score (nSPS) is 13.3. The summed E-state index contributed by atoms with van der Waals surface area (Å²) in [5.74, 6) is 0. The maximum atomic E-state index is 5.35. The van der Waals surface area contributed by atoms with Gasteiger partial charge in [-0.25, -0.2) is 109 Å². The zero-order chi connectivity index (χ0) is 94.8. The largest absolute Gasteiger partial charge is 0.446 e. The van der Waals surface area contributed by atoms with Crippen LogP contribution in [-0.4, -0.2) is 209 Å². The first-order chi connectivity index (χ1) is 69.1. The molecular formula is C85H74N36O10S9. The molecule has 0 spiro atoms. The van der Waals surface area contributed by atoms with Crippen LogP contribution in [0.3, 0.4) is 0 Å². The molecule has 27 rings (SSSR count). The van der Waals surface area contributed by atoms with E-state index in [4.69, 9.17) is 44.5 Å². The zero-order valence-electron chi connectivity index (χ0n) is 73.5. The van der Waals surface area contributed by atoms with Crippen LogP contribution >= 0.6 is 106 Å². The molecule has 55 heteroatoms. The van der Waals surface area contributed by atoms with E-state index in [0.29, 0.717) is 72.1 Å². The Labute approximate surface area is 826 Å². The number of tetrazole rings is 2. The van der Waals surface area contributed by atoms with Gasteiger partial charge in [0, 0.05) is 74.9 Å². The van der Waals surface area contributed by atoms with Crippen molar-refractivity contribution in [3.63, 3.8) is 0 Å². The molecule has 2 saturated carbocycles. The van der Waals surface area contributed by atoms with E-state index in [9.17, 15) is 0 Å². The summed E-state index contributed by atoms with van der Waals surface area (Å²) in [4.78, 5) is 89.8. The minimum absolute atomic E-state index is 0.510. The summed E-state index contributed by atoms with van der Waals surface area (Å²) in [5, 5.41) is 61.8. The smallest absolute Gasteiger partial charge is 0.237 e. The molecule has 0 aromatic carbocycles. The van der Waals surface area contributed by atoms with Crippen LogP contribution in [0.15, 0.2) is 321 Å². The summed E-state index contributed by atoms with van der Waals surface area (Å²) >= 11 is 14.0. The molecule has 140 heavy (non-hydrogen) atoms. The predicted octanol–water partition coefficient (Wildman–Crippen LogP) is 18.4. The van der Waals surface area contributed by atoms with Gasteiger partial charge in [-0.05, 0) is 179 Å². The molecule has 3 N–H and O–H groups in total. The SMILES string of the molecule is Cn1ccnc1Sc1ncnc2occc12.Cn1cnnc1Sc1ncnc2occc12.Cn1nnnc1Sc1ncnc2occc12.c1c[nH]c(Sc2ncnc3occc23)n1.c1n[nH]c(Sc2ncnc3occc23)n1.c1nc(SC2CCCC2)c2ccoc2n1.c1nc(SC2CCCCC2)c2ccoc2n1.c1nc(SC2CCOCC2)c2ccoc2n1.c1nc(Sc2nn[nH]n2)c2ccoc2n1. The van der Waals surface area contributed by atoms with E-state index < -0.39 is 0 Å². The van der Waals surface area contributed by atoms with Crippen molar-refractivity contribution in [1.82, 2.24) is 180 Å². The van der Waals surface area contributed by atoms with Crippen LogP contribution in [-0.2, 0) is 25.9 Å². The lowest BCUT2D eigenvalue weighted by Crippen LogP contribution is -2.17. The average Bonchev–Trinajstić information content (AvgIpc) is 1.71. The van der Waals surface area contributed by atoms with Gasteiger partial charge in [0.1, 0.15) is 115 Å². The summed E-state index contributed by atoms with van der Waals surface area (Å²) in [7, 11) is 5.61. The lowest BCUT2D eigenvalue weighted by molar-refractivity contribution is 0.1000. The molecule has 24 aromatic heterocycles. The number of furan rings is 9. The quantitative estimate of drug-likeness (QED) is 0.0672. The second kappa shape index (κ2) is 47.3. The Morgan fingerprint density at radius 3 is 1.03 bits per heavy atom. The van der Waals surface area contributed by atoms with Gasteiger partial charge in [0.05, 0.1) is 105 Å². The van der Waals surface area contributed by atoms with Crippen LogP contribution < -0.4 is 0 Å². The highest BCUT2D eigenvalue weighted by Crippen LogP contribution is 2.41. The summed E-state index contributed by atoms with van der Waals surface area (Å²) in [6, 6.07) is 16.8. The Balaban J connectivity index is 0.000000100. The molecule has 0 unspecified atom stereocenters. The number of aryl methyl sites for hydroxylation is 3. The molecule has 0 bridgehead atoms. The van der Waals surface area contributed by atoms with Crippen LogP contribution in [0.2, 0.25) is 0 Å². The van der Waals surface area contributed by atoms with E-state index in [1.807, 2.05) is 113 Å². The van der Waals surface area contributed by atoms with E-state index in [1.54, 1.807) is 118 Å². The highest BCUT2D eigenvalue weighted by molar-refractivity contribution is 8.01. The van der Waals surface area contributed by atoms with Gasteiger partial charge in [0.25, 0.3) is 0 Å². The fraction of sp³-hybridized carbons (Fsp3) is 0.224. The van der Waals surface area contributed by atoms with Crippen molar-refractivity contribution in [2.45, 2.75) is 163 Å². The topological polar surface area (TPSA) is 576 Å². The van der Waals surface area contributed by atoms with Crippen LogP contribution in [0.4, 0.5) is 0 Å². The number of nitrogens with zero attached hydrogens (tertiary/aromatic N) is 33. The first-order valence-electron chi connectivity index (χ1n) is 42.5. The number of H-pyrrole nitrogens is 3. The highest BCUT2D eigenvalue weighted by atomic mass is 32.2. The molecule has 708 valence electrons. The summed E-state index contributed by atoms with van der Waals surface area (Å²) in [6.07, 6.45) is 52.6. The van der Waals surface area contributed by atoms with Crippen molar-refractivity contribution in [2.75, 3.05) is 13.2 Å². The Bertz CT molecular complexity index is 7360. The molecule has 3 fully saturated rings. The van der Waals surface area contributed by atoms with Crippen LogP contribution in [0.1, 0.15) is 70.6 Å². The van der Waals surface area contributed by atoms with Gasteiger partial charge in [-0.3, -0.25) is 5.10 Å². The number of aromatic amines is 3. The first-order valence-corrected chi connectivity index (χ1v) is 50.1. The molecule has 0 radical (unpaired) electrons. The number of rotatable bonds is 18. The Kier molecular flexibility index (Phi) is 31.9. The van der Waals surface area contributed by atoms with Gasteiger partial charge in [-0.2, -0.15) is 10.3 Å². The van der Waals surface area contributed by atoms with Gasteiger partial charge in [-0.1, -0.05) is 32.1 Å². The van der Waals surface area contributed by atoms with Gasteiger partial charge in [-0.15, -0.1) is 60.8 Å². The van der Waals surface area contributed by atoms with Crippen molar-refractivity contribution in [2.24, 2.45) is 21.1 Å². The number of hydrogen-bond acceptors (Lipinski definition) is 49. The molecular weight excluding hydrogens is 1970 g/mol. The number of nitrogens with one attached hydrogen (secondary N) is 3. The number of aromatic nitrogens is 36. The maximum Gasteiger partial charge on any atom is 0.237 e. The summed E-state index contributed by atoms with van der Waals surface area (Å²) < 4.78 is 57.6. The molecule has 3 aliphatic rings. The molecule has 24 aromatic rings. The standard InChI is InChI=1S/C12H14N2OS.C11H12N2O2S.C11H12N2OS.C10H8N4OS.C9H7N5OS.C9H6N4OS.C8H6N6OS.C8H5N5OS.C7H4N6OS/c1-2-4-9(5-3-1)16-12-10-6-7-15-11(10)13-8-14-12;1-4-14-5-2-8(1)16-11-9-3-6-15-10(9)12-7-13-11;1-2-4-8(3-1)15-11-9-5-6-14-10(9)12-7-13-11;1-14-4-3-11-10(14)16-9-7-2-5-15-8(7)12-6-13-9;1-14-5-12-13-9(14)16-8-6-2-3-15-7(6)10-4-11-8;1-4-14-7-6(1)8(13-5-12-7)15-9-10-2-3-11-9;1-14-8(11-12-13-14)16-7-5-2-3-15-6(5)9-4-10-7;1-2-14-6-5(1)7(10-3-9-6)15-8-11-4-12-13-8;1-2-14-5-4(1)6(9-3-8-5)15-7-10-12-13-11-7/h6-9H,1-5H2;3,6-8H,1-2,4-5H2;5-8H,1-4H2;2-6H,1H3;2-5H,1H3;1-5H,(H,10,11);2-4H,1H3;1-4H,(H,11,12,13);1-3H,(H,10,11,12,13). The number of ether oxygens (including phenoxy) is 1. The van der Waals surface area contributed by atoms with Crippen LogP contribution in [0.25, 0.3) is 99.9 Å². The number of fused-ring (bicyclic) bond motifs is 9. The molecule has 46 nitrogen and oxygen atoms in total. The second-order valence-corrected chi connectivity index (χ2v) is 39.0. The summed E-state index contributed by atoms with van der Waals surface area (Å²) in [6.45, 7) is 1.72. The molecule has 1 saturated heterocycles. The molecule has 25 heterocycles. The third-order valence-corrected chi connectivity index (χ3v) is 30.2. The third-order valence-electron chi connectivity index (χ3n) is 20.2. The van der Waals surface area contributed by atoms with Gasteiger partial charge in [0.2, 0.25) is 61.7 Å². The van der Waals surface area contributed by atoms with Gasteiger partial charge in [0.15, 0.2) is 20.6 Å². The number of imidazole rings is 2. The number of hydrogen-bond donors (Lipinski definition) is 3. The van der Waals surface area contributed by atoms with Gasteiger partial charge < -0.3 is 58.6 Å². The fourth-order valence-corrected chi connectivity index (χ4v) is 21.9. The maximum absolute atomic E-state index is 5.35. The van der Waals surface area contributed by atoms with E-state index in [2.05, 4.69) is 166 Å². The van der Waals surface area contributed by atoms with Crippen LogP contribution in [0, 0.1) is 0 Å². The van der Waals surface area contributed by atoms with E-state index in [0.717, 1.165) is 146 Å². The second-order valence-electron chi connectivity index (χ2n) is 29.3. The van der Waals surface area contributed by atoms with Crippen molar-refractivity contribution < 1.29 is 44.5 Å². The first kappa shape index (κ1) is 94.5. The third kappa shape index (κ3) is 24.4. The summed E-state index contributed by atoms with van der Waals surface area (Å²) in [5.41, 5.74) is 5.55. The van der Waals surface area contributed by atoms with Crippen molar-refractivity contribution in [3.05, 3.63) is 205 Å². The number of thioether (sulfide) groups is 3. The average molecular weight is 2050 g/mol. The van der Waals surface area contributed by atoms with E-state index in [-0.39, 0.29) is 0 Å². The molecule has 0 amide bonds. The van der Waals surface area contributed by atoms with Crippen molar-refractivity contribution >= 4 is 206 Å². The minimum atomic E-state index is 0.510. The molecule has 0 atom stereocenters. The van der Waals surface area contributed by atoms with E-state index >= 15 is 0 Å². The predicted molar refractivity (Wildman–Crippen MR) is 514 cm³/mol. The lowest BCUT2D eigenvalue weighted by atomic mass is 10.0.